The molecule has 3 nitrogen and oxygen atoms in total. The molecule has 1 amide bonds. The van der Waals surface area contributed by atoms with Crippen molar-refractivity contribution >= 4 is 11.7 Å². The minimum Gasteiger partial charge on any atom is -0.329 e. The number of nitrogens with one attached hydrogen (secondary N) is 1. The van der Waals surface area contributed by atoms with E-state index in [0.29, 0.717) is 12.8 Å². The van der Waals surface area contributed by atoms with E-state index >= 15 is 0 Å². The number of rotatable bonds is 1. The average Bonchev–Trinajstić information content (AvgIpc) is 2.37. The van der Waals surface area contributed by atoms with Gasteiger partial charge >= 0.3 is 0 Å². The van der Waals surface area contributed by atoms with Gasteiger partial charge in [-0.2, -0.15) is 0 Å². The number of allylic oxidation sites excluding steroid dienone is 2. The molecule has 0 radical (unpaired) electrons. The molecule has 1 aromatic rings. The van der Waals surface area contributed by atoms with E-state index in [-0.39, 0.29) is 17.6 Å². The molecule has 1 aliphatic heterocycles. The summed E-state index contributed by atoms with van der Waals surface area (Å²) in [6, 6.07) is 8.12. The maximum atomic E-state index is 12.2. The fourth-order valence-corrected chi connectivity index (χ4v) is 3.08. The summed E-state index contributed by atoms with van der Waals surface area (Å²) in [5.74, 6) is 0.171. The standard InChI is InChI=1S/C16H17NO2/c1-10-4-2-5-11(8-10)12-9-15(19)17-13-6-3-7-14(18)16(12)13/h2,4-5,8,12H,3,6-7,9H2,1H3,(H,17,19). The van der Waals surface area contributed by atoms with Crippen LogP contribution in [0.4, 0.5) is 0 Å². The summed E-state index contributed by atoms with van der Waals surface area (Å²) in [5, 5.41) is 2.88. The Hall–Kier alpha value is -1.90. The Kier molecular flexibility index (Phi) is 2.97. The predicted molar refractivity (Wildman–Crippen MR) is 72.6 cm³/mol. The fourth-order valence-electron chi connectivity index (χ4n) is 3.08. The van der Waals surface area contributed by atoms with Crippen LogP contribution in [-0.4, -0.2) is 11.7 Å². The number of benzene rings is 1. The van der Waals surface area contributed by atoms with Crippen LogP contribution in [0, 0.1) is 6.92 Å². The molecule has 98 valence electrons. The quantitative estimate of drug-likeness (QED) is 0.838. The number of Topliss-reactive ketones (excluding diaryl/α,β-unsaturated/α-hetero) is 1. The van der Waals surface area contributed by atoms with Gasteiger partial charge in [0, 0.05) is 30.0 Å². The van der Waals surface area contributed by atoms with Gasteiger partial charge in [-0.25, -0.2) is 0 Å². The summed E-state index contributed by atoms with van der Waals surface area (Å²) in [4.78, 5) is 24.0. The molecule has 2 aliphatic rings. The van der Waals surface area contributed by atoms with E-state index in [2.05, 4.69) is 11.4 Å². The van der Waals surface area contributed by atoms with Gasteiger partial charge in [-0.05, 0) is 25.3 Å². The summed E-state index contributed by atoms with van der Waals surface area (Å²) in [5.41, 5.74) is 3.95. The van der Waals surface area contributed by atoms with Crippen LogP contribution >= 0.6 is 0 Å². The van der Waals surface area contributed by atoms with Crippen molar-refractivity contribution < 1.29 is 9.59 Å². The molecule has 1 atom stereocenters. The van der Waals surface area contributed by atoms with Gasteiger partial charge < -0.3 is 5.32 Å². The van der Waals surface area contributed by atoms with Crippen molar-refractivity contribution in [3.63, 3.8) is 0 Å². The topological polar surface area (TPSA) is 46.2 Å². The maximum absolute atomic E-state index is 12.2. The predicted octanol–water partition coefficient (Wildman–Crippen LogP) is 2.61. The Morgan fingerprint density at radius 1 is 1.21 bits per heavy atom. The number of carbonyl (C=O) groups excluding carboxylic acids is 2. The van der Waals surface area contributed by atoms with Crippen molar-refractivity contribution in [3.05, 3.63) is 46.7 Å². The zero-order valence-electron chi connectivity index (χ0n) is 11.0. The van der Waals surface area contributed by atoms with E-state index < -0.39 is 0 Å². The molecule has 0 saturated carbocycles. The average molecular weight is 255 g/mol. The number of ketones is 1. The van der Waals surface area contributed by atoms with Crippen molar-refractivity contribution in [1.82, 2.24) is 5.32 Å². The minimum absolute atomic E-state index is 0.0277. The Bertz CT molecular complexity index is 586. The van der Waals surface area contributed by atoms with Crippen molar-refractivity contribution in [2.24, 2.45) is 0 Å². The number of amides is 1. The largest absolute Gasteiger partial charge is 0.329 e. The van der Waals surface area contributed by atoms with Crippen LogP contribution in [0.2, 0.25) is 0 Å². The number of carbonyl (C=O) groups is 2. The molecule has 1 aliphatic carbocycles. The van der Waals surface area contributed by atoms with Crippen LogP contribution < -0.4 is 5.32 Å². The van der Waals surface area contributed by atoms with Crippen molar-refractivity contribution in [1.29, 1.82) is 0 Å². The Balaban J connectivity index is 2.08. The van der Waals surface area contributed by atoms with Crippen LogP contribution in [0.5, 0.6) is 0 Å². The van der Waals surface area contributed by atoms with E-state index in [4.69, 9.17) is 0 Å². The molecule has 0 saturated heterocycles. The van der Waals surface area contributed by atoms with Gasteiger partial charge in [0.2, 0.25) is 5.91 Å². The Morgan fingerprint density at radius 3 is 2.84 bits per heavy atom. The van der Waals surface area contributed by atoms with Gasteiger partial charge in [-0.15, -0.1) is 0 Å². The van der Waals surface area contributed by atoms with Crippen LogP contribution in [0.1, 0.15) is 42.7 Å². The van der Waals surface area contributed by atoms with E-state index in [9.17, 15) is 9.59 Å². The molecule has 19 heavy (non-hydrogen) atoms. The lowest BCUT2D eigenvalue weighted by Gasteiger charge is -2.31. The third-order valence-electron chi connectivity index (χ3n) is 3.93. The van der Waals surface area contributed by atoms with Crippen LogP contribution in [0.25, 0.3) is 0 Å². The normalized spacial score (nSPS) is 23.1. The second-order valence-corrected chi connectivity index (χ2v) is 5.39. The van der Waals surface area contributed by atoms with Crippen LogP contribution in [0.3, 0.4) is 0 Å². The van der Waals surface area contributed by atoms with Gasteiger partial charge in [-0.1, -0.05) is 29.8 Å². The summed E-state index contributed by atoms with van der Waals surface area (Å²) in [7, 11) is 0. The van der Waals surface area contributed by atoms with Crippen molar-refractivity contribution in [2.75, 3.05) is 0 Å². The van der Waals surface area contributed by atoms with E-state index in [0.717, 1.165) is 35.2 Å². The second-order valence-electron chi connectivity index (χ2n) is 5.39. The maximum Gasteiger partial charge on any atom is 0.225 e. The van der Waals surface area contributed by atoms with Gasteiger partial charge in [-0.3, -0.25) is 9.59 Å². The monoisotopic (exact) mass is 255 g/mol. The third-order valence-corrected chi connectivity index (χ3v) is 3.93. The molecule has 1 unspecified atom stereocenters. The first-order valence-corrected chi connectivity index (χ1v) is 6.78. The SMILES string of the molecule is Cc1cccc(C2CC(=O)NC3=C2C(=O)CCC3)c1. The Morgan fingerprint density at radius 2 is 2.05 bits per heavy atom. The zero-order chi connectivity index (χ0) is 13.4. The first-order chi connectivity index (χ1) is 9.15. The summed E-state index contributed by atoms with van der Waals surface area (Å²) in [6.45, 7) is 2.03. The number of aryl methyl sites for hydroxylation is 1. The van der Waals surface area contributed by atoms with E-state index in [1.807, 2.05) is 25.1 Å². The second kappa shape index (κ2) is 4.65. The molecule has 0 fully saturated rings. The van der Waals surface area contributed by atoms with Gasteiger partial charge in [0.05, 0.1) is 0 Å². The lowest BCUT2D eigenvalue weighted by molar-refractivity contribution is -0.122. The molecule has 1 aromatic carbocycles. The van der Waals surface area contributed by atoms with Crippen LogP contribution in [0.15, 0.2) is 35.5 Å². The lowest BCUT2D eigenvalue weighted by Crippen LogP contribution is -2.36. The first kappa shape index (κ1) is 12.2. The molecule has 0 aromatic heterocycles. The molecule has 0 bridgehead atoms. The van der Waals surface area contributed by atoms with Crippen molar-refractivity contribution in [2.45, 2.75) is 38.5 Å². The number of hydrogen-bond donors (Lipinski definition) is 1. The highest BCUT2D eigenvalue weighted by molar-refractivity contribution is 6.01. The Labute approximate surface area is 112 Å². The highest BCUT2D eigenvalue weighted by Gasteiger charge is 2.34. The highest BCUT2D eigenvalue weighted by atomic mass is 16.2. The smallest absolute Gasteiger partial charge is 0.225 e. The van der Waals surface area contributed by atoms with E-state index in [1.54, 1.807) is 0 Å². The first-order valence-electron chi connectivity index (χ1n) is 6.78. The van der Waals surface area contributed by atoms with Gasteiger partial charge in [0.1, 0.15) is 0 Å². The van der Waals surface area contributed by atoms with E-state index in [1.165, 1.54) is 0 Å². The summed E-state index contributed by atoms with van der Waals surface area (Å²) < 4.78 is 0. The lowest BCUT2D eigenvalue weighted by atomic mass is 9.78. The molecular weight excluding hydrogens is 238 g/mol. The van der Waals surface area contributed by atoms with Crippen LogP contribution in [-0.2, 0) is 9.59 Å². The molecular formula is C16H17NO2. The molecule has 1 heterocycles. The zero-order valence-corrected chi connectivity index (χ0v) is 11.0. The third kappa shape index (κ3) is 2.21. The molecule has 3 heteroatoms. The van der Waals surface area contributed by atoms with Crippen molar-refractivity contribution in [3.8, 4) is 0 Å². The summed E-state index contributed by atoms with van der Waals surface area (Å²) >= 11 is 0. The van der Waals surface area contributed by atoms with Gasteiger partial charge in [0.25, 0.3) is 0 Å². The molecule has 0 spiro atoms. The van der Waals surface area contributed by atoms with Gasteiger partial charge in [0.15, 0.2) is 5.78 Å². The molecule has 3 rings (SSSR count). The fraction of sp³-hybridized carbons (Fsp3) is 0.375. The highest BCUT2D eigenvalue weighted by Crippen LogP contribution is 2.37. The molecule has 1 N–H and O–H groups in total. The number of hydrogen-bond acceptors (Lipinski definition) is 2. The minimum atomic E-state index is -0.0588. The summed E-state index contributed by atoms with van der Waals surface area (Å²) in [6.07, 6.45) is 2.65.